The van der Waals surface area contributed by atoms with Gasteiger partial charge in [-0.2, -0.15) is 0 Å². The Morgan fingerprint density at radius 3 is 2.69 bits per heavy atom. The molecule has 0 fully saturated rings. The molecule has 0 bridgehead atoms. The summed E-state index contributed by atoms with van der Waals surface area (Å²) in [5, 5.41) is 1.66. The van der Waals surface area contributed by atoms with Gasteiger partial charge in [-0.1, -0.05) is 39.1 Å². The van der Waals surface area contributed by atoms with Crippen molar-refractivity contribution >= 4 is 50.1 Å². The molecule has 1 aliphatic rings. The largest absolute Gasteiger partial charge is 0.422 e. The summed E-state index contributed by atoms with van der Waals surface area (Å²) in [5.74, 6) is 0.516. The highest BCUT2D eigenvalue weighted by Crippen LogP contribution is 2.29. The number of hydrogen-bond donors (Lipinski definition) is 1. The highest BCUT2D eigenvalue weighted by atomic mass is 79.9. The minimum atomic E-state index is -0.472. The Balaban J connectivity index is 1.45. The molecule has 5 rings (SSSR count). The molecule has 3 heterocycles. The van der Waals surface area contributed by atoms with Crippen molar-refractivity contribution in [3.8, 4) is 11.4 Å². The highest BCUT2D eigenvalue weighted by molar-refractivity contribution is 9.10. The predicted octanol–water partition coefficient (Wildman–Crippen LogP) is 5.17. The lowest BCUT2D eigenvalue weighted by atomic mass is 10.1. The van der Waals surface area contributed by atoms with Crippen molar-refractivity contribution in [3.05, 3.63) is 94.6 Å². The highest BCUT2D eigenvalue weighted by Gasteiger charge is 2.24. The molecule has 162 valence electrons. The maximum atomic E-state index is 12.8. The van der Waals surface area contributed by atoms with Crippen LogP contribution in [0.15, 0.2) is 60.9 Å². The summed E-state index contributed by atoms with van der Waals surface area (Å²) in [6.07, 6.45) is 0.585. The number of fused-ring (bicyclic) bond motifs is 2. The summed E-state index contributed by atoms with van der Waals surface area (Å²) in [5.41, 5.74) is 2.30. The Hall–Kier alpha value is -2.45. The van der Waals surface area contributed by atoms with Crippen molar-refractivity contribution in [2.45, 2.75) is 19.5 Å². The van der Waals surface area contributed by atoms with Crippen molar-refractivity contribution in [2.75, 3.05) is 6.54 Å². The van der Waals surface area contributed by atoms with Crippen molar-refractivity contribution in [1.82, 2.24) is 14.9 Å². The van der Waals surface area contributed by atoms with Crippen LogP contribution in [0.5, 0.6) is 0 Å². The molecule has 9 heteroatoms. The lowest BCUT2D eigenvalue weighted by Crippen LogP contribution is -2.36. The molecule has 0 atom stereocenters. The van der Waals surface area contributed by atoms with Crippen molar-refractivity contribution in [1.29, 1.82) is 0 Å². The molecular formula is C23H16BrCl2N3O3. The third-order valence-corrected chi connectivity index (χ3v) is 6.72. The van der Waals surface area contributed by atoms with E-state index in [9.17, 15) is 9.59 Å². The smallest absolute Gasteiger partial charge is 0.342 e. The van der Waals surface area contributed by atoms with E-state index in [1.807, 2.05) is 23.1 Å². The van der Waals surface area contributed by atoms with Crippen LogP contribution in [-0.4, -0.2) is 21.4 Å². The molecule has 0 aliphatic carbocycles. The van der Waals surface area contributed by atoms with E-state index in [2.05, 4.69) is 25.9 Å². The summed E-state index contributed by atoms with van der Waals surface area (Å²) in [4.78, 5) is 34.9. The fraction of sp³-hybridized carbons (Fsp3) is 0.174. The van der Waals surface area contributed by atoms with Gasteiger partial charge in [0.1, 0.15) is 11.4 Å². The fourth-order valence-corrected chi connectivity index (χ4v) is 4.67. The van der Waals surface area contributed by atoms with Crippen LogP contribution in [0.3, 0.4) is 0 Å². The maximum Gasteiger partial charge on any atom is 0.342 e. The lowest BCUT2D eigenvalue weighted by molar-refractivity contribution is 0.239. The standard InChI is InChI=1S/C23H16BrCl2N3O3/c24-13-3-6-19-15(9-13)20(26)17(23(31)32-19)11-29-8-7-18-16(10-29)22(30)28-21(27-18)12-1-4-14(25)5-2-12/h1-6,9H,7-8,10-11H2,(H,27,28,30). The normalized spacial score (nSPS) is 14.0. The van der Waals surface area contributed by atoms with Gasteiger partial charge in [0.15, 0.2) is 0 Å². The Kier molecular flexibility index (Phi) is 5.67. The topological polar surface area (TPSA) is 79.2 Å². The first-order valence-electron chi connectivity index (χ1n) is 9.90. The number of nitrogens with zero attached hydrogens (tertiary/aromatic N) is 2. The van der Waals surface area contributed by atoms with Crippen molar-refractivity contribution < 1.29 is 4.42 Å². The first kappa shape index (κ1) is 21.4. The number of rotatable bonds is 3. The van der Waals surface area contributed by atoms with E-state index in [0.29, 0.717) is 57.5 Å². The lowest BCUT2D eigenvalue weighted by Gasteiger charge is -2.27. The van der Waals surface area contributed by atoms with Gasteiger partial charge in [-0.05, 0) is 42.5 Å². The number of aromatic nitrogens is 2. The predicted molar refractivity (Wildman–Crippen MR) is 128 cm³/mol. The quantitative estimate of drug-likeness (QED) is 0.368. The van der Waals surface area contributed by atoms with Crippen molar-refractivity contribution in [3.63, 3.8) is 0 Å². The van der Waals surface area contributed by atoms with Crippen LogP contribution in [0.25, 0.3) is 22.4 Å². The molecule has 0 amide bonds. The number of benzene rings is 2. The number of H-pyrrole nitrogens is 1. The van der Waals surface area contributed by atoms with Crippen LogP contribution in [0, 0.1) is 0 Å². The monoisotopic (exact) mass is 531 g/mol. The van der Waals surface area contributed by atoms with Crippen LogP contribution in [0.4, 0.5) is 0 Å². The van der Waals surface area contributed by atoms with E-state index in [4.69, 9.17) is 27.6 Å². The number of aromatic amines is 1. The van der Waals surface area contributed by atoms with E-state index in [1.165, 1.54) is 0 Å². The summed E-state index contributed by atoms with van der Waals surface area (Å²) < 4.78 is 6.30. The molecule has 0 saturated carbocycles. The third kappa shape index (κ3) is 4.01. The minimum Gasteiger partial charge on any atom is -0.422 e. The molecule has 2 aromatic carbocycles. The number of hydrogen-bond acceptors (Lipinski definition) is 5. The molecule has 1 N–H and O–H groups in total. The van der Waals surface area contributed by atoms with Crippen LogP contribution < -0.4 is 11.2 Å². The second kappa shape index (κ2) is 8.48. The first-order valence-corrected chi connectivity index (χ1v) is 11.4. The van der Waals surface area contributed by atoms with E-state index in [1.54, 1.807) is 24.3 Å². The molecule has 1 aliphatic heterocycles. The molecule has 0 unspecified atom stereocenters. The van der Waals surface area contributed by atoms with Crippen molar-refractivity contribution in [2.24, 2.45) is 0 Å². The Morgan fingerprint density at radius 2 is 1.91 bits per heavy atom. The van der Waals surface area contributed by atoms with Gasteiger partial charge in [0.2, 0.25) is 0 Å². The Bertz CT molecular complexity index is 1460. The first-order chi connectivity index (χ1) is 15.4. The Morgan fingerprint density at radius 1 is 1.12 bits per heavy atom. The Labute approximate surface area is 200 Å². The molecule has 2 aromatic heterocycles. The summed E-state index contributed by atoms with van der Waals surface area (Å²) in [7, 11) is 0. The van der Waals surface area contributed by atoms with Crippen LogP contribution in [0.2, 0.25) is 10.0 Å². The second-order valence-electron chi connectivity index (χ2n) is 7.63. The summed E-state index contributed by atoms with van der Waals surface area (Å²) >= 11 is 15.9. The molecule has 0 radical (unpaired) electrons. The van der Waals surface area contributed by atoms with Gasteiger partial charge < -0.3 is 9.40 Å². The van der Waals surface area contributed by atoms with Gasteiger partial charge in [-0.3, -0.25) is 9.69 Å². The number of nitrogens with one attached hydrogen (secondary N) is 1. The molecule has 0 spiro atoms. The van der Waals surface area contributed by atoms with E-state index in [-0.39, 0.29) is 12.1 Å². The molecular weight excluding hydrogens is 517 g/mol. The molecule has 0 saturated heterocycles. The van der Waals surface area contributed by atoms with Gasteiger partial charge in [0, 0.05) is 46.5 Å². The maximum absolute atomic E-state index is 12.8. The summed E-state index contributed by atoms with van der Waals surface area (Å²) in [6.45, 7) is 1.28. The summed E-state index contributed by atoms with van der Waals surface area (Å²) in [6, 6.07) is 12.5. The average molecular weight is 533 g/mol. The average Bonchev–Trinajstić information content (AvgIpc) is 2.78. The van der Waals surface area contributed by atoms with Crippen LogP contribution in [-0.2, 0) is 19.5 Å². The zero-order chi connectivity index (χ0) is 22.4. The minimum absolute atomic E-state index is 0.190. The van der Waals surface area contributed by atoms with Gasteiger partial charge in [-0.15, -0.1) is 0 Å². The molecule has 4 aromatic rings. The van der Waals surface area contributed by atoms with Gasteiger partial charge >= 0.3 is 5.63 Å². The number of halogens is 3. The molecule has 6 nitrogen and oxygen atoms in total. The van der Waals surface area contributed by atoms with Gasteiger partial charge in [0.25, 0.3) is 5.56 Å². The fourth-order valence-electron chi connectivity index (χ4n) is 3.89. The van der Waals surface area contributed by atoms with Crippen LogP contribution in [0.1, 0.15) is 16.8 Å². The van der Waals surface area contributed by atoms with Crippen LogP contribution >= 0.6 is 39.1 Å². The van der Waals surface area contributed by atoms with E-state index in [0.717, 1.165) is 15.7 Å². The van der Waals surface area contributed by atoms with Gasteiger partial charge in [0.05, 0.1) is 21.8 Å². The zero-order valence-electron chi connectivity index (χ0n) is 16.6. The van der Waals surface area contributed by atoms with E-state index >= 15 is 0 Å². The third-order valence-electron chi connectivity index (χ3n) is 5.54. The second-order valence-corrected chi connectivity index (χ2v) is 9.36. The molecule has 32 heavy (non-hydrogen) atoms. The van der Waals surface area contributed by atoms with Gasteiger partial charge in [-0.25, -0.2) is 9.78 Å². The zero-order valence-corrected chi connectivity index (χ0v) is 19.7. The van der Waals surface area contributed by atoms with E-state index < -0.39 is 5.63 Å². The SMILES string of the molecule is O=c1[nH]c(-c2ccc(Cl)cc2)nc2c1CN(Cc1c(Cl)c3cc(Br)ccc3oc1=O)CC2.